The summed E-state index contributed by atoms with van der Waals surface area (Å²) in [7, 11) is 1.86. The van der Waals surface area contributed by atoms with Gasteiger partial charge in [-0.25, -0.2) is 0 Å². The summed E-state index contributed by atoms with van der Waals surface area (Å²) in [6.45, 7) is 5.84. The first-order valence-electron chi connectivity index (χ1n) is 15.9. The minimum atomic E-state index is -0.257. The first-order valence-corrected chi connectivity index (χ1v) is 15.9. The third-order valence-corrected chi connectivity index (χ3v) is 8.22. The van der Waals surface area contributed by atoms with Crippen LogP contribution >= 0.6 is 0 Å². The second-order valence-corrected chi connectivity index (χ2v) is 11.9. The van der Waals surface area contributed by atoms with Crippen LogP contribution in [-0.4, -0.2) is 30.2 Å². The number of carbonyl (C=O) groups is 3. The average molecular weight is 641 g/mol. The van der Waals surface area contributed by atoms with Gasteiger partial charge < -0.3 is 26.0 Å². The van der Waals surface area contributed by atoms with E-state index in [1.807, 2.05) is 79.8 Å². The van der Waals surface area contributed by atoms with Crippen molar-refractivity contribution in [2.24, 2.45) is 0 Å². The largest absolute Gasteiger partial charge is 0.457 e. The molecule has 0 heterocycles. The third-order valence-electron chi connectivity index (χ3n) is 8.22. The number of carbonyl (C=O) groups excluding carboxylic acids is 3. The molecule has 5 aromatic rings. The summed E-state index contributed by atoms with van der Waals surface area (Å²) in [6.07, 6.45) is 1.67. The van der Waals surface area contributed by atoms with Gasteiger partial charge in [0.15, 0.2) is 5.78 Å². The van der Waals surface area contributed by atoms with Crippen molar-refractivity contribution < 1.29 is 19.1 Å². The number of ketones is 1. The average Bonchev–Trinajstić information content (AvgIpc) is 3.10. The zero-order chi connectivity index (χ0) is 34.1. The van der Waals surface area contributed by atoms with E-state index >= 15 is 0 Å². The maximum absolute atomic E-state index is 12.8. The summed E-state index contributed by atoms with van der Waals surface area (Å²) in [5.41, 5.74) is 5.90. The van der Waals surface area contributed by atoms with Gasteiger partial charge in [-0.2, -0.15) is 0 Å². The Morgan fingerprint density at radius 1 is 0.583 bits per heavy atom. The van der Waals surface area contributed by atoms with Crippen LogP contribution in [0, 0.1) is 0 Å². The van der Waals surface area contributed by atoms with Crippen molar-refractivity contribution in [2.75, 3.05) is 28.3 Å². The van der Waals surface area contributed by atoms with Gasteiger partial charge in [0.25, 0.3) is 11.8 Å². The lowest BCUT2D eigenvalue weighted by molar-refractivity contribution is 0.100. The molecule has 0 bridgehead atoms. The fraction of sp³-hybridized carbons (Fsp3) is 0.175. The molecule has 0 radical (unpaired) electrons. The number of ether oxygens (including phenoxy) is 1. The Morgan fingerprint density at radius 2 is 1.00 bits per heavy atom. The van der Waals surface area contributed by atoms with Crippen LogP contribution < -0.4 is 26.0 Å². The number of nitrogens with one attached hydrogen (secondary N) is 4. The van der Waals surface area contributed by atoms with Crippen LogP contribution in [0.15, 0.2) is 121 Å². The van der Waals surface area contributed by atoms with E-state index in [4.69, 9.17) is 4.74 Å². The number of rotatable bonds is 13. The van der Waals surface area contributed by atoms with Crippen LogP contribution in [0.1, 0.15) is 63.8 Å². The Bertz CT molecular complexity index is 1850. The van der Waals surface area contributed by atoms with Crippen molar-refractivity contribution in [3.63, 3.8) is 0 Å². The van der Waals surface area contributed by atoms with Gasteiger partial charge >= 0.3 is 0 Å². The van der Waals surface area contributed by atoms with Crippen molar-refractivity contribution in [1.29, 1.82) is 0 Å². The Balaban J connectivity index is 1.13. The highest BCUT2D eigenvalue weighted by Gasteiger charge is 2.22. The zero-order valence-corrected chi connectivity index (χ0v) is 27.6. The van der Waals surface area contributed by atoms with Crippen molar-refractivity contribution in [2.45, 2.75) is 39.2 Å². The smallest absolute Gasteiger partial charge is 0.255 e. The molecule has 8 nitrogen and oxygen atoms in total. The molecule has 48 heavy (non-hydrogen) atoms. The molecule has 0 spiro atoms. The standard InChI is InChI=1S/C40H40N4O4/c1-5-40(3,26-28-6-8-30(9-7-28)38(46)42-33-16-14-32(41-4)15-17-33)44-35-20-24-37(25-21-35)48-36-22-18-34(19-23-36)43-39(47)31-12-10-29(11-13-31)27(2)45/h6-25,41,44H,5,26H2,1-4H3,(H,42,46)(H,43,47). The lowest BCUT2D eigenvalue weighted by Gasteiger charge is -2.31. The highest BCUT2D eigenvalue weighted by molar-refractivity contribution is 6.05. The molecule has 4 N–H and O–H groups in total. The van der Waals surface area contributed by atoms with E-state index in [0.29, 0.717) is 33.9 Å². The highest BCUT2D eigenvalue weighted by Crippen LogP contribution is 2.28. The van der Waals surface area contributed by atoms with Gasteiger partial charge in [0.1, 0.15) is 11.5 Å². The van der Waals surface area contributed by atoms with E-state index < -0.39 is 0 Å². The fourth-order valence-corrected chi connectivity index (χ4v) is 5.16. The molecule has 0 aromatic heterocycles. The number of hydrogen-bond donors (Lipinski definition) is 4. The predicted octanol–water partition coefficient (Wildman–Crippen LogP) is 9.05. The molecule has 5 rings (SSSR count). The number of hydrogen-bond acceptors (Lipinski definition) is 6. The monoisotopic (exact) mass is 640 g/mol. The molecular formula is C40H40N4O4. The Hall–Kier alpha value is -5.89. The van der Waals surface area contributed by atoms with Gasteiger partial charge in [0.2, 0.25) is 0 Å². The minimum Gasteiger partial charge on any atom is -0.457 e. The van der Waals surface area contributed by atoms with Crippen LogP contribution in [-0.2, 0) is 6.42 Å². The Labute approximate surface area is 281 Å². The van der Waals surface area contributed by atoms with Gasteiger partial charge in [-0.15, -0.1) is 0 Å². The molecule has 8 heteroatoms. The zero-order valence-electron chi connectivity index (χ0n) is 27.6. The lowest BCUT2D eigenvalue weighted by Crippen LogP contribution is -2.36. The first-order chi connectivity index (χ1) is 23.1. The molecule has 0 saturated heterocycles. The second-order valence-electron chi connectivity index (χ2n) is 11.9. The SMILES string of the molecule is CCC(C)(Cc1ccc(C(=O)Nc2ccc(NC)cc2)cc1)Nc1ccc(Oc2ccc(NC(=O)c3ccc(C(C)=O)cc3)cc2)cc1. The van der Waals surface area contributed by atoms with Crippen molar-refractivity contribution in [3.8, 4) is 11.5 Å². The van der Waals surface area contributed by atoms with E-state index in [1.165, 1.54) is 6.92 Å². The van der Waals surface area contributed by atoms with Gasteiger partial charge in [-0.3, -0.25) is 14.4 Å². The molecule has 5 aromatic carbocycles. The quantitative estimate of drug-likeness (QED) is 0.0957. The summed E-state index contributed by atoms with van der Waals surface area (Å²) in [6, 6.07) is 36.9. The summed E-state index contributed by atoms with van der Waals surface area (Å²) < 4.78 is 6.04. The molecular weight excluding hydrogens is 600 g/mol. The molecule has 0 saturated carbocycles. The molecule has 0 aliphatic carbocycles. The molecule has 0 aliphatic heterocycles. The summed E-state index contributed by atoms with van der Waals surface area (Å²) >= 11 is 0. The summed E-state index contributed by atoms with van der Waals surface area (Å²) in [4.78, 5) is 36.8. The van der Waals surface area contributed by atoms with Crippen LogP contribution in [0.2, 0.25) is 0 Å². The van der Waals surface area contributed by atoms with Gasteiger partial charge in [0, 0.05) is 52.0 Å². The predicted molar refractivity (Wildman–Crippen MR) is 194 cm³/mol. The third kappa shape index (κ3) is 8.88. The number of benzene rings is 5. The van der Waals surface area contributed by atoms with Gasteiger partial charge in [-0.05, 0) is 129 Å². The molecule has 0 aliphatic rings. The maximum atomic E-state index is 12.8. The van der Waals surface area contributed by atoms with E-state index in [1.54, 1.807) is 48.5 Å². The maximum Gasteiger partial charge on any atom is 0.255 e. The number of anilines is 4. The van der Waals surface area contributed by atoms with E-state index in [9.17, 15) is 14.4 Å². The van der Waals surface area contributed by atoms with E-state index in [-0.39, 0.29) is 23.1 Å². The normalized spacial score (nSPS) is 11.9. The van der Waals surface area contributed by atoms with Gasteiger partial charge in [-0.1, -0.05) is 31.2 Å². The number of Topliss-reactive ketones (excluding diaryl/α,β-unsaturated/α-hetero) is 1. The minimum absolute atomic E-state index is 0.0438. The molecule has 0 fully saturated rings. The van der Waals surface area contributed by atoms with Crippen LogP contribution in [0.3, 0.4) is 0 Å². The fourth-order valence-electron chi connectivity index (χ4n) is 5.16. The first kappa shape index (κ1) is 33.5. The van der Waals surface area contributed by atoms with Crippen LogP contribution in [0.5, 0.6) is 11.5 Å². The van der Waals surface area contributed by atoms with Gasteiger partial charge in [0.05, 0.1) is 0 Å². The van der Waals surface area contributed by atoms with E-state index in [2.05, 4.69) is 35.1 Å². The van der Waals surface area contributed by atoms with Crippen LogP contribution in [0.4, 0.5) is 22.7 Å². The number of amides is 2. The van der Waals surface area contributed by atoms with Crippen molar-refractivity contribution in [3.05, 3.63) is 144 Å². The van der Waals surface area contributed by atoms with Crippen molar-refractivity contribution in [1.82, 2.24) is 0 Å². The topological polar surface area (TPSA) is 109 Å². The molecule has 1 atom stereocenters. The molecule has 244 valence electrons. The molecule has 2 amide bonds. The van der Waals surface area contributed by atoms with E-state index in [0.717, 1.165) is 35.5 Å². The highest BCUT2D eigenvalue weighted by atomic mass is 16.5. The Kier molecular flexibility index (Phi) is 10.6. The van der Waals surface area contributed by atoms with Crippen molar-refractivity contribution >= 4 is 40.3 Å². The molecule has 1 unspecified atom stereocenters. The van der Waals surface area contributed by atoms with Crippen LogP contribution in [0.25, 0.3) is 0 Å². The Morgan fingerprint density at radius 3 is 1.46 bits per heavy atom. The summed E-state index contributed by atoms with van der Waals surface area (Å²) in [5.74, 6) is 0.884. The summed E-state index contributed by atoms with van der Waals surface area (Å²) in [5, 5.41) is 12.6. The lowest BCUT2D eigenvalue weighted by atomic mass is 9.89. The second kappa shape index (κ2) is 15.1.